The van der Waals surface area contributed by atoms with E-state index in [0.717, 1.165) is 19.3 Å². The topological polar surface area (TPSA) is 72.2 Å². The molecule has 102 valence electrons. The van der Waals surface area contributed by atoms with Crippen LogP contribution in [-0.2, 0) is 10.0 Å². The van der Waals surface area contributed by atoms with Crippen molar-refractivity contribution in [1.82, 2.24) is 4.72 Å². The van der Waals surface area contributed by atoms with Gasteiger partial charge in [-0.2, -0.15) is 11.8 Å². The van der Waals surface area contributed by atoms with E-state index in [0.29, 0.717) is 6.54 Å². The maximum absolute atomic E-state index is 11.6. The summed E-state index contributed by atoms with van der Waals surface area (Å²) in [6.07, 6.45) is 6.33. The Morgan fingerprint density at radius 3 is 2.47 bits per heavy atom. The van der Waals surface area contributed by atoms with Crippen LogP contribution in [0.4, 0.5) is 0 Å². The number of unbranched alkanes of at least 4 members (excludes halogenated alkanes) is 3. The second kappa shape index (κ2) is 9.13. The summed E-state index contributed by atoms with van der Waals surface area (Å²) in [6.45, 7) is 1.97. The van der Waals surface area contributed by atoms with Crippen LogP contribution in [0.5, 0.6) is 0 Å². The summed E-state index contributed by atoms with van der Waals surface area (Å²) in [5, 5.41) is -0.797. The van der Waals surface area contributed by atoms with E-state index < -0.39 is 15.3 Å². The monoisotopic (exact) mass is 298 g/mol. The number of thioether (sulfide) groups is 1. The molecule has 0 aliphatic heterocycles. The first kappa shape index (κ1) is 17.2. The number of thiocarbonyl (C=S) groups is 1. The van der Waals surface area contributed by atoms with E-state index in [9.17, 15) is 8.42 Å². The molecule has 0 aliphatic rings. The fourth-order valence-electron chi connectivity index (χ4n) is 1.22. The summed E-state index contributed by atoms with van der Waals surface area (Å²) < 4.78 is 25.8. The minimum Gasteiger partial charge on any atom is -0.392 e. The molecule has 0 heterocycles. The number of rotatable bonds is 10. The lowest BCUT2D eigenvalue weighted by Gasteiger charge is -2.12. The van der Waals surface area contributed by atoms with Gasteiger partial charge in [0, 0.05) is 6.54 Å². The summed E-state index contributed by atoms with van der Waals surface area (Å²) in [7, 11) is -3.38. The van der Waals surface area contributed by atoms with Gasteiger partial charge >= 0.3 is 0 Å². The third-order valence-electron chi connectivity index (χ3n) is 2.44. The van der Waals surface area contributed by atoms with Gasteiger partial charge in [0.2, 0.25) is 10.0 Å². The molecule has 1 unspecified atom stereocenters. The Labute approximate surface area is 114 Å². The molecule has 0 saturated carbocycles. The second-order valence-electron chi connectivity index (χ2n) is 3.89. The summed E-state index contributed by atoms with van der Waals surface area (Å²) in [6, 6.07) is 0. The zero-order valence-electron chi connectivity index (χ0n) is 10.4. The first-order chi connectivity index (χ1) is 7.91. The molecule has 17 heavy (non-hydrogen) atoms. The van der Waals surface area contributed by atoms with Gasteiger partial charge in [0.25, 0.3) is 0 Å². The largest absolute Gasteiger partial charge is 0.392 e. The van der Waals surface area contributed by atoms with Gasteiger partial charge in [0.1, 0.15) is 5.25 Å². The fourth-order valence-corrected chi connectivity index (χ4v) is 3.07. The predicted molar refractivity (Wildman–Crippen MR) is 80.0 cm³/mol. The highest BCUT2D eigenvalue weighted by Gasteiger charge is 2.22. The summed E-state index contributed by atoms with van der Waals surface area (Å²) >= 11 is 6.51. The molecule has 0 aromatic heterocycles. The van der Waals surface area contributed by atoms with Crippen LogP contribution >= 0.6 is 24.0 Å². The fraction of sp³-hybridized carbons (Fsp3) is 0.900. The van der Waals surface area contributed by atoms with E-state index in [1.807, 2.05) is 11.8 Å². The predicted octanol–water partition coefficient (Wildman–Crippen LogP) is 1.50. The third-order valence-corrected chi connectivity index (χ3v) is 5.44. The Morgan fingerprint density at radius 2 is 1.94 bits per heavy atom. The maximum Gasteiger partial charge on any atom is 0.220 e. The molecule has 0 amide bonds. The van der Waals surface area contributed by atoms with Crippen LogP contribution in [0.3, 0.4) is 0 Å². The van der Waals surface area contributed by atoms with Crippen LogP contribution in [0.15, 0.2) is 0 Å². The Morgan fingerprint density at radius 1 is 1.35 bits per heavy atom. The lowest BCUT2D eigenvalue weighted by molar-refractivity contribution is 0.571. The zero-order valence-corrected chi connectivity index (χ0v) is 12.9. The van der Waals surface area contributed by atoms with Crippen LogP contribution in [-0.4, -0.2) is 37.2 Å². The van der Waals surface area contributed by atoms with Crippen LogP contribution in [0.2, 0.25) is 0 Å². The minimum absolute atomic E-state index is 0.0115. The highest BCUT2D eigenvalue weighted by Crippen LogP contribution is 2.05. The normalized spacial score (nSPS) is 13.5. The number of sulfonamides is 1. The highest BCUT2D eigenvalue weighted by atomic mass is 32.2. The molecular formula is C10H22N2O2S3. The van der Waals surface area contributed by atoms with E-state index in [2.05, 4.69) is 23.2 Å². The average molecular weight is 298 g/mol. The van der Waals surface area contributed by atoms with Crippen molar-refractivity contribution in [3.05, 3.63) is 0 Å². The average Bonchev–Trinajstić information content (AvgIpc) is 2.26. The van der Waals surface area contributed by atoms with Crippen molar-refractivity contribution in [2.24, 2.45) is 5.73 Å². The van der Waals surface area contributed by atoms with Crippen LogP contribution in [0, 0.1) is 0 Å². The Bertz CT molecular complexity index is 318. The summed E-state index contributed by atoms with van der Waals surface area (Å²) in [5.41, 5.74) is 5.32. The molecule has 0 aromatic rings. The first-order valence-electron chi connectivity index (χ1n) is 5.68. The van der Waals surface area contributed by atoms with Gasteiger partial charge < -0.3 is 5.73 Å². The van der Waals surface area contributed by atoms with Crippen molar-refractivity contribution < 1.29 is 8.42 Å². The molecular weight excluding hydrogens is 276 g/mol. The number of nitrogens with one attached hydrogen (secondary N) is 1. The summed E-state index contributed by atoms with van der Waals surface area (Å²) in [4.78, 5) is 0.0115. The van der Waals surface area contributed by atoms with Crippen molar-refractivity contribution in [1.29, 1.82) is 0 Å². The van der Waals surface area contributed by atoms with Crippen molar-refractivity contribution >= 4 is 39.0 Å². The molecule has 0 bridgehead atoms. The molecule has 0 aliphatic carbocycles. The van der Waals surface area contributed by atoms with Crippen LogP contribution in [0.25, 0.3) is 0 Å². The van der Waals surface area contributed by atoms with Crippen LogP contribution < -0.4 is 10.5 Å². The molecule has 1 atom stereocenters. The molecule has 0 spiro atoms. The first-order valence-corrected chi connectivity index (χ1v) is 9.03. The van der Waals surface area contributed by atoms with Gasteiger partial charge in [-0.1, -0.05) is 25.1 Å². The van der Waals surface area contributed by atoms with E-state index in [1.54, 1.807) is 0 Å². The number of hydrogen-bond acceptors (Lipinski definition) is 4. The minimum atomic E-state index is -3.38. The van der Waals surface area contributed by atoms with Gasteiger partial charge in [-0.05, 0) is 31.8 Å². The Balaban J connectivity index is 3.70. The van der Waals surface area contributed by atoms with Gasteiger partial charge in [-0.15, -0.1) is 0 Å². The maximum atomic E-state index is 11.6. The van der Waals surface area contributed by atoms with Gasteiger partial charge in [-0.3, -0.25) is 0 Å². The van der Waals surface area contributed by atoms with Crippen molar-refractivity contribution in [3.63, 3.8) is 0 Å². The van der Waals surface area contributed by atoms with E-state index in [-0.39, 0.29) is 4.99 Å². The van der Waals surface area contributed by atoms with Crippen molar-refractivity contribution in [2.75, 3.05) is 18.6 Å². The molecule has 0 rings (SSSR count). The molecule has 0 aromatic carbocycles. The van der Waals surface area contributed by atoms with Gasteiger partial charge in [0.05, 0.1) is 4.99 Å². The third kappa shape index (κ3) is 7.96. The number of hydrogen-bond donors (Lipinski definition) is 2. The van der Waals surface area contributed by atoms with Crippen molar-refractivity contribution in [3.8, 4) is 0 Å². The molecule has 0 fully saturated rings. The Hall–Kier alpha value is 0.150. The van der Waals surface area contributed by atoms with E-state index in [4.69, 9.17) is 5.73 Å². The lowest BCUT2D eigenvalue weighted by Crippen LogP contribution is -2.40. The second-order valence-corrected chi connectivity index (χ2v) is 7.43. The van der Waals surface area contributed by atoms with Gasteiger partial charge in [-0.25, -0.2) is 13.1 Å². The van der Waals surface area contributed by atoms with E-state index in [1.165, 1.54) is 19.1 Å². The SMILES string of the molecule is CSCCCCCCNS(=O)(=O)C(C)C(N)=S. The molecule has 7 heteroatoms. The molecule has 3 N–H and O–H groups in total. The highest BCUT2D eigenvalue weighted by molar-refractivity contribution is 7.98. The Kier molecular flexibility index (Phi) is 9.21. The quantitative estimate of drug-likeness (QED) is 0.472. The van der Waals surface area contributed by atoms with Gasteiger partial charge in [0.15, 0.2) is 0 Å². The van der Waals surface area contributed by atoms with Crippen molar-refractivity contribution in [2.45, 2.75) is 37.9 Å². The molecule has 0 radical (unpaired) electrons. The number of nitrogens with two attached hydrogens (primary N) is 1. The standard InChI is InChI=1S/C10H22N2O2S3/c1-9(10(11)15)17(13,14)12-7-5-3-4-6-8-16-2/h9,12H,3-8H2,1-2H3,(H2,11,15). The molecule has 4 nitrogen and oxygen atoms in total. The molecule has 0 saturated heterocycles. The van der Waals surface area contributed by atoms with E-state index >= 15 is 0 Å². The zero-order chi connectivity index (χ0) is 13.3. The summed E-state index contributed by atoms with van der Waals surface area (Å²) in [5.74, 6) is 1.17. The van der Waals surface area contributed by atoms with Crippen LogP contribution in [0.1, 0.15) is 32.6 Å². The smallest absolute Gasteiger partial charge is 0.220 e. The lowest BCUT2D eigenvalue weighted by atomic mass is 10.2.